The molecule has 1 aliphatic rings. The van der Waals surface area contributed by atoms with Crippen molar-refractivity contribution in [1.29, 1.82) is 0 Å². The Morgan fingerprint density at radius 3 is 2.81 bits per heavy atom. The minimum atomic E-state index is -0.570. The quantitative estimate of drug-likeness (QED) is 0.542. The number of halogens is 2. The number of pyridine rings is 1. The number of carbonyl (C=O) groups is 1. The SMILES string of the molecule is O=C1C=C(N(CCF)c2[nH]c3ccccc3c2-c2ccc(Cl)nc2)CO1. The molecule has 0 aliphatic carbocycles. The number of fused-ring (bicyclic) bond motifs is 1. The standard InChI is InChI=1S/C19H15ClFN3O2/c20-16-6-5-12(10-22-16)18-14-3-1-2-4-15(14)23-19(18)24(8-7-21)13-9-17(25)26-11-13/h1-6,9-10,23H,7-8,11H2. The van der Waals surface area contributed by atoms with Gasteiger partial charge in [0, 0.05) is 34.3 Å². The van der Waals surface area contributed by atoms with Crippen molar-refractivity contribution in [2.75, 3.05) is 24.7 Å². The lowest BCUT2D eigenvalue weighted by atomic mass is 10.1. The van der Waals surface area contributed by atoms with Crippen LogP contribution in [0.25, 0.3) is 22.0 Å². The third-order valence-corrected chi connectivity index (χ3v) is 4.50. The summed E-state index contributed by atoms with van der Waals surface area (Å²) >= 11 is 5.92. The smallest absolute Gasteiger partial charge is 0.333 e. The van der Waals surface area contributed by atoms with Crippen molar-refractivity contribution in [3.05, 3.63) is 59.5 Å². The number of cyclic esters (lactones) is 1. The van der Waals surface area contributed by atoms with Gasteiger partial charge in [-0.15, -0.1) is 0 Å². The van der Waals surface area contributed by atoms with Gasteiger partial charge in [0.15, 0.2) is 0 Å². The number of nitrogens with one attached hydrogen (secondary N) is 1. The number of aromatic amines is 1. The van der Waals surface area contributed by atoms with E-state index in [1.807, 2.05) is 30.3 Å². The molecule has 0 atom stereocenters. The van der Waals surface area contributed by atoms with Crippen LogP contribution >= 0.6 is 11.6 Å². The number of nitrogens with zero attached hydrogens (tertiary/aromatic N) is 2. The van der Waals surface area contributed by atoms with Crippen LogP contribution < -0.4 is 4.90 Å². The highest BCUT2D eigenvalue weighted by atomic mass is 35.5. The summed E-state index contributed by atoms with van der Waals surface area (Å²) in [6, 6.07) is 11.4. The fraction of sp³-hybridized carbons (Fsp3) is 0.158. The molecule has 7 heteroatoms. The maximum absolute atomic E-state index is 13.3. The summed E-state index contributed by atoms with van der Waals surface area (Å²) in [5.74, 6) is 0.271. The summed E-state index contributed by atoms with van der Waals surface area (Å²) in [5, 5.41) is 1.37. The van der Waals surface area contributed by atoms with Gasteiger partial charge in [0.1, 0.15) is 24.3 Å². The predicted molar refractivity (Wildman–Crippen MR) is 98.9 cm³/mol. The van der Waals surface area contributed by atoms with E-state index in [4.69, 9.17) is 16.3 Å². The zero-order chi connectivity index (χ0) is 18.1. The van der Waals surface area contributed by atoms with Crippen molar-refractivity contribution in [2.24, 2.45) is 0 Å². The van der Waals surface area contributed by atoms with Gasteiger partial charge >= 0.3 is 5.97 Å². The predicted octanol–water partition coefficient (Wildman–Crippen LogP) is 4.10. The molecule has 0 saturated carbocycles. The lowest BCUT2D eigenvalue weighted by Gasteiger charge is -2.24. The summed E-state index contributed by atoms with van der Waals surface area (Å²) in [6.45, 7) is -0.352. The number of esters is 1. The van der Waals surface area contributed by atoms with E-state index in [0.717, 1.165) is 22.0 Å². The van der Waals surface area contributed by atoms with Crippen molar-refractivity contribution >= 4 is 34.3 Å². The van der Waals surface area contributed by atoms with E-state index < -0.39 is 12.6 Å². The number of alkyl halides is 1. The molecule has 5 nitrogen and oxygen atoms in total. The number of carbonyl (C=O) groups excluding carboxylic acids is 1. The van der Waals surface area contributed by atoms with Gasteiger partial charge in [-0.1, -0.05) is 29.8 Å². The third-order valence-electron chi connectivity index (χ3n) is 4.27. The second-order valence-corrected chi connectivity index (χ2v) is 6.24. The van der Waals surface area contributed by atoms with Crippen molar-refractivity contribution in [3.8, 4) is 11.1 Å². The lowest BCUT2D eigenvalue weighted by Crippen LogP contribution is -2.26. The highest BCUT2D eigenvalue weighted by Gasteiger charge is 2.25. The molecule has 1 aromatic carbocycles. The van der Waals surface area contributed by atoms with Gasteiger partial charge in [-0.2, -0.15) is 0 Å². The number of benzene rings is 1. The molecule has 2 aromatic heterocycles. The van der Waals surface area contributed by atoms with Gasteiger partial charge in [-0.25, -0.2) is 14.2 Å². The van der Waals surface area contributed by atoms with Crippen molar-refractivity contribution in [2.45, 2.75) is 0 Å². The van der Waals surface area contributed by atoms with Crippen molar-refractivity contribution in [1.82, 2.24) is 9.97 Å². The summed E-state index contributed by atoms with van der Waals surface area (Å²) in [6.07, 6.45) is 3.07. The first-order valence-electron chi connectivity index (χ1n) is 8.11. The average molecular weight is 372 g/mol. The Morgan fingerprint density at radius 2 is 2.12 bits per heavy atom. The minimum absolute atomic E-state index is 0.101. The zero-order valence-electron chi connectivity index (χ0n) is 13.7. The third kappa shape index (κ3) is 2.93. The summed E-state index contributed by atoms with van der Waals surface area (Å²) in [5.41, 5.74) is 3.24. The highest BCUT2D eigenvalue weighted by molar-refractivity contribution is 6.29. The molecule has 0 amide bonds. The number of ether oxygens (including phenoxy) is 1. The van der Waals surface area contributed by atoms with Crippen LogP contribution in [0.1, 0.15) is 0 Å². The molecular formula is C19H15ClFN3O2. The van der Waals surface area contributed by atoms with E-state index >= 15 is 0 Å². The number of rotatable bonds is 5. The second kappa shape index (κ2) is 6.80. The largest absolute Gasteiger partial charge is 0.456 e. The first-order valence-corrected chi connectivity index (χ1v) is 8.48. The number of H-pyrrole nitrogens is 1. The fourth-order valence-electron chi connectivity index (χ4n) is 3.15. The Labute approximate surface area is 154 Å². The Morgan fingerprint density at radius 1 is 1.27 bits per heavy atom. The molecule has 3 aromatic rings. The molecule has 0 spiro atoms. The molecular weight excluding hydrogens is 357 g/mol. The van der Waals surface area contributed by atoms with E-state index in [1.165, 1.54) is 6.08 Å². The Balaban J connectivity index is 1.93. The number of para-hydroxylation sites is 1. The van der Waals surface area contributed by atoms with E-state index in [9.17, 15) is 9.18 Å². The van der Waals surface area contributed by atoms with Crippen molar-refractivity contribution < 1.29 is 13.9 Å². The Hall–Kier alpha value is -2.86. The number of hydrogen-bond donors (Lipinski definition) is 1. The number of hydrogen-bond acceptors (Lipinski definition) is 4. The molecule has 4 rings (SSSR count). The monoisotopic (exact) mass is 371 g/mol. The normalized spacial score (nSPS) is 13.8. The minimum Gasteiger partial charge on any atom is -0.456 e. The molecule has 0 unspecified atom stereocenters. The topological polar surface area (TPSA) is 58.2 Å². The molecule has 26 heavy (non-hydrogen) atoms. The number of anilines is 1. The first kappa shape index (κ1) is 16.6. The maximum Gasteiger partial charge on any atom is 0.333 e. The molecule has 0 fully saturated rings. The van der Waals surface area contributed by atoms with Crippen LogP contribution in [0.2, 0.25) is 5.15 Å². The van der Waals surface area contributed by atoms with Gasteiger partial charge in [0.25, 0.3) is 0 Å². The second-order valence-electron chi connectivity index (χ2n) is 5.85. The van der Waals surface area contributed by atoms with E-state index in [1.54, 1.807) is 17.2 Å². The molecule has 0 saturated heterocycles. The molecule has 1 aliphatic heterocycles. The number of aromatic nitrogens is 2. The van der Waals surface area contributed by atoms with Gasteiger partial charge in [-0.05, 0) is 18.2 Å². The van der Waals surface area contributed by atoms with Gasteiger partial charge < -0.3 is 14.6 Å². The van der Waals surface area contributed by atoms with E-state index in [2.05, 4.69) is 9.97 Å². The van der Waals surface area contributed by atoms with E-state index in [-0.39, 0.29) is 13.2 Å². The van der Waals surface area contributed by atoms with Gasteiger partial charge in [0.05, 0.1) is 12.2 Å². The Bertz CT molecular complexity index is 998. The van der Waals surface area contributed by atoms with Crippen LogP contribution in [-0.4, -0.2) is 35.8 Å². The van der Waals surface area contributed by atoms with Gasteiger partial charge in [0.2, 0.25) is 0 Å². The van der Waals surface area contributed by atoms with Crippen LogP contribution in [-0.2, 0) is 9.53 Å². The fourth-order valence-corrected chi connectivity index (χ4v) is 3.26. The maximum atomic E-state index is 13.3. The van der Waals surface area contributed by atoms with Crippen LogP contribution in [0.3, 0.4) is 0 Å². The van der Waals surface area contributed by atoms with Crippen LogP contribution in [0.5, 0.6) is 0 Å². The highest BCUT2D eigenvalue weighted by Crippen LogP contribution is 2.39. The van der Waals surface area contributed by atoms with Crippen LogP contribution in [0.15, 0.2) is 54.4 Å². The summed E-state index contributed by atoms with van der Waals surface area (Å²) in [7, 11) is 0. The lowest BCUT2D eigenvalue weighted by molar-refractivity contribution is -0.134. The summed E-state index contributed by atoms with van der Waals surface area (Å²) in [4.78, 5) is 20.8. The molecule has 1 N–H and O–H groups in total. The van der Waals surface area contributed by atoms with Crippen molar-refractivity contribution in [3.63, 3.8) is 0 Å². The molecule has 3 heterocycles. The first-order chi connectivity index (χ1) is 12.7. The zero-order valence-corrected chi connectivity index (χ0v) is 14.5. The molecule has 0 bridgehead atoms. The van der Waals surface area contributed by atoms with Crippen LogP contribution in [0, 0.1) is 0 Å². The molecule has 132 valence electrons. The summed E-state index contributed by atoms with van der Waals surface area (Å²) < 4.78 is 18.3. The van der Waals surface area contributed by atoms with Gasteiger partial charge in [-0.3, -0.25) is 0 Å². The average Bonchev–Trinajstić information content (AvgIpc) is 3.24. The van der Waals surface area contributed by atoms with Crippen LogP contribution in [0.4, 0.5) is 10.2 Å². The molecule has 0 radical (unpaired) electrons. The Kier molecular flexibility index (Phi) is 4.34. The van der Waals surface area contributed by atoms with E-state index in [0.29, 0.717) is 16.7 Å².